The van der Waals surface area contributed by atoms with Gasteiger partial charge in [-0.1, -0.05) is 30.3 Å². The van der Waals surface area contributed by atoms with Gasteiger partial charge >= 0.3 is 59.1 Å². The van der Waals surface area contributed by atoms with Crippen LogP contribution >= 0.6 is 11.8 Å². The summed E-state index contributed by atoms with van der Waals surface area (Å²) in [7, 11) is -4.96. The summed E-state index contributed by atoms with van der Waals surface area (Å²) in [6.45, 7) is 3.31. The summed E-state index contributed by atoms with van der Waals surface area (Å²) in [4.78, 5) is 37.6. The molecule has 2 amide bonds. The molecule has 10 nitrogen and oxygen atoms in total. The van der Waals surface area contributed by atoms with E-state index in [9.17, 15) is 32.5 Å². The fraction of sp³-hybridized carbons (Fsp3) is 0.438. The Balaban J connectivity index is 0.00000225. The minimum absolute atomic E-state index is 0. The first-order valence-corrected chi connectivity index (χ1v) is 10.5. The molecular formula is C16H17N3Na2O7S2. The molecule has 0 saturated carbocycles. The van der Waals surface area contributed by atoms with Crippen molar-refractivity contribution in [1.82, 2.24) is 14.9 Å². The zero-order chi connectivity index (χ0) is 20.9. The van der Waals surface area contributed by atoms with Crippen molar-refractivity contribution in [3.63, 3.8) is 0 Å². The van der Waals surface area contributed by atoms with Crippen molar-refractivity contribution in [3.8, 4) is 0 Å². The van der Waals surface area contributed by atoms with Gasteiger partial charge in [-0.2, -0.15) is 0 Å². The van der Waals surface area contributed by atoms with Crippen molar-refractivity contribution in [2.75, 3.05) is 0 Å². The third-order valence-electron chi connectivity index (χ3n) is 4.62. The third kappa shape index (κ3) is 5.61. The van der Waals surface area contributed by atoms with E-state index in [1.807, 2.05) is 0 Å². The van der Waals surface area contributed by atoms with E-state index in [0.717, 1.165) is 4.90 Å². The fourth-order valence-corrected chi connectivity index (χ4v) is 5.58. The molecule has 1 unspecified atom stereocenters. The van der Waals surface area contributed by atoms with Gasteiger partial charge in [0.2, 0.25) is 11.8 Å². The number of carbonyl (C=O) groups is 3. The van der Waals surface area contributed by atoms with E-state index in [4.69, 9.17) is 0 Å². The average Bonchev–Trinajstić information content (AvgIpc) is 2.85. The van der Waals surface area contributed by atoms with Crippen molar-refractivity contribution in [2.24, 2.45) is 0 Å². The molecule has 0 aliphatic carbocycles. The molecule has 0 spiro atoms. The van der Waals surface area contributed by atoms with E-state index in [1.165, 1.54) is 23.9 Å². The van der Waals surface area contributed by atoms with Crippen LogP contribution in [0.4, 0.5) is 0 Å². The standard InChI is InChI=1S/C16H19N3O7S2.2Na/c1-16(2)11(15(22)23)19-13(21)10(14(19)27-16)17-12(20)9(18-28(24,25)26)8-6-4-3-5-7-8;;/h3-7,9-11,14,18H,1-2H3,(H,17,20)(H,22,23)(H,24,25,26);;/q;2*+1/p-2/t9?,10-,11+,14-;;/m1../s1. The van der Waals surface area contributed by atoms with Gasteiger partial charge in [0.05, 0.1) is 12.0 Å². The normalized spacial score (nSPS) is 25.1. The number of thioether (sulfide) groups is 1. The van der Waals surface area contributed by atoms with Crippen LogP contribution in [-0.2, 0) is 24.7 Å². The number of β-lactam (4-membered cyclic amide) rings is 1. The smallest absolute Gasteiger partial charge is 0.735 e. The Kier molecular flexibility index (Phi) is 9.48. The Morgan fingerprint density at radius 1 is 1.20 bits per heavy atom. The zero-order valence-electron chi connectivity index (χ0n) is 16.8. The molecule has 2 saturated heterocycles. The molecule has 1 aromatic rings. The number of amides is 2. The number of hydrogen-bond acceptors (Lipinski definition) is 8. The molecule has 2 aliphatic rings. The molecule has 30 heavy (non-hydrogen) atoms. The van der Waals surface area contributed by atoms with Crippen LogP contribution < -0.4 is 74.3 Å². The predicted octanol–water partition coefficient (Wildman–Crippen LogP) is -7.92. The molecule has 2 heterocycles. The molecule has 152 valence electrons. The number of carboxylic acid groups (broad SMARTS) is 1. The maximum Gasteiger partial charge on any atom is 1.00 e. The Bertz CT molecular complexity index is 930. The topological polar surface area (TPSA) is 159 Å². The monoisotopic (exact) mass is 473 g/mol. The summed E-state index contributed by atoms with van der Waals surface area (Å²) in [5.74, 6) is -2.89. The molecule has 0 bridgehead atoms. The first-order valence-electron chi connectivity index (χ1n) is 8.22. The molecule has 2 N–H and O–H groups in total. The Hall–Kier alpha value is -0.150. The van der Waals surface area contributed by atoms with Crippen molar-refractivity contribution in [2.45, 2.75) is 42.1 Å². The van der Waals surface area contributed by atoms with Crippen LogP contribution in [0.25, 0.3) is 0 Å². The molecule has 4 atom stereocenters. The summed E-state index contributed by atoms with van der Waals surface area (Å²) in [6, 6.07) is 3.97. The van der Waals surface area contributed by atoms with E-state index < -0.39 is 56.3 Å². The largest absolute Gasteiger partial charge is 1.00 e. The predicted molar refractivity (Wildman–Crippen MR) is 95.0 cm³/mol. The van der Waals surface area contributed by atoms with Crippen LogP contribution in [0.1, 0.15) is 25.5 Å². The second kappa shape index (κ2) is 10.2. The number of rotatable bonds is 6. The van der Waals surface area contributed by atoms with Crippen molar-refractivity contribution in [3.05, 3.63) is 35.9 Å². The summed E-state index contributed by atoms with van der Waals surface area (Å²) < 4.78 is 34.3. The maximum absolute atomic E-state index is 12.6. The van der Waals surface area contributed by atoms with E-state index in [1.54, 1.807) is 36.8 Å². The molecule has 1 aromatic carbocycles. The number of carboxylic acids is 1. The number of nitrogens with zero attached hydrogens (tertiary/aromatic N) is 1. The molecule has 0 radical (unpaired) electrons. The number of nitrogens with one attached hydrogen (secondary N) is 2. The fourth-order valence-electron chi connectivity index (χ4n) is 3.43. The van der Waals surface area contributed by atoms with Gasteiger partial charge in [-0.15, -0.1) is 11.8 Å². The first kappa shape index (κ1) is 27.9. The molecule has 2 fully saturated rings. The quantitative estimate of drug-likeness (QED) is 0.234. The van der Waals surface area contributed by atoms with Gasteiger partial charge in [-0.3, -0.25) is 9.59 Å². The number of aliphatic carboxylic acids is 1. The Morgan fingerprint density at radius 3 is 2.27 bits per heavy atom. The summed E-state index contributed by atoms with van der Waals surface area (Å²) in [6.07, 6.45) is 0. The number of hydrogen-bond donors (Lipinski definition) is 2. The van der Waals surface area contributed by atoms with Crippen molar-refractivity contribution in [1.29, 1.82) is 0 Å². The Labute approximate surface area is 222 Å². The molecular weight excluding hydrogens is 456 g/mol. The summed E-state index contributed by atoms with van der Waals surface area (Å²) in [5, 5.41) is 13.2. The van der Waals surface area contributed by atoms with E-state index >= 15 is 0 Å². The van der Waals surface area contributed by atoms with Crippen LogP contribution in [0.15, 0.2) is 30.3 Å². The van der Waals surface area contributed by atoms with E-state index in [-0.39, 0.29) is 64.7 Å². The zero-order valence-corrected chi connectivity index (χ0v) is 22.5. The van der Waals surface area contributed by atoms with Gasteiger partial charge in [0.1, 0.15) is 17.5 Å². The summed E-state index contributed by atoms with van der Waals surface area (Å²) >= 11 is 1.20. The van der Waals surface area contributed by atoms with Crippen LogP contribution in [0.5, 0.6) is 0 Å². The number of carbonyl (C=O) groups excluding carboxylic acids is 3. The minimum Gasteiger partial charge on any atom is -0.735 e. The first-order chi connectivity index (χ1) is 12.9. The maximum atomic E-state index is 12.6. The van der Waals surface area contributed by atoms with Gasteiger partial charge in [-0.25, -0.2) is 13.1 Å². The molecule has 14 heteroatoms. The van der Waals surface area contributed by atoms with Gasteiger partial charge in [0.15, 0.2) is 10.3 Å². The third-order valence-corrected chi connectivity index (χ3v) is 6.72. The average molecular weight is 473 g/mol. The van der Waals surface area contributed by atoms with Gasteiger partial charge in [0, 0.05) is 4.75 Å². The second-order valence-corrected chi connectivity index (χ2v) is 9.90. The second-order valence-electron chi connectivity index (χ2n) is 6.98. The van der Waals surface area contributed by atoms with Crippen LogP contribution in [0, 0.1) is 0 Å². The van der Waals surface area contributed by atoms with Crippen LogP contribution in [-0.4, -0.2) is 57.9 Å². The number of fused-ring (bicyclic) bond motifs is 1. The molecule has 3 rings (SSSR count). The van der Waals surface area contributed by atoms with E-state index in [0.29, 0.717) is 0 Å². The van der Waals surface area contributed by atoms with Gasteiger partial charge in [0.25, 0.3) is 0 Å². The van der Waals surface area contributed by atoms with Gasteiger partial charge < -0.3 is 24.7 Å². The minimum atomic E-state index is -4.96. The van der Waals surface area contributed by atoms with Crippen LogP contribution in [0.3, 0.4) is 0 Å². The van der Waals surface area contributed by atoms with Crippen molar-refractivity contribution < 1.29 is 91.6 Å². The molecule has 2 aliphatic heterocycles. The molecule has 0 aromatic heterocycles. The van der Waals surface area contributed by atoms with Crippen LogP contribution in [0.2, 0.25) is 0 Å². The Morgan fingerprint density at radius 2 is 1.77 bits per heavy atom. The van der Waals surface area contributed by atoms with Crippen molar-refractivity contribution >= 4 is 39.8 Å². The number of benzene rings is 1. The SMILES string of the molecule is CC1(C)S[C@@H]2[C@H](NC(=O)C(NS(=O)(=O)[O-])c3ccccc3)C(=O)N2[C@H]1C(=O)[O-].[Na+].[Na+]. The van der Waals surface area contributed by atoms with Gasteiger partial charge in [-0.05, 0) is 19.4 Å². The summed E-state index contributed by atoms with van der Waals surface area (Å²) in [5.41, 5.74) is 0.218. The van der Waals surface area contributed by atoms with E-state index in [2.05, 4.69) is 5.32 Å².